The Morgan fingerprint density at radius 3 is 3.00 bits per heavy atom. The molecule has 0 atom stereocenters. The predicted molar refractivity (Wildman–Crippen MR) is 75.4 cm³/mol. The number of nitrogens with two attached hydrogens (primary N) is 1. The van der Waals surface area contributed by atoms with E-state index in [0.717, 1.165) is 16.5 Å². The van der Waals surface area contributed by atoms with Gasteiger partial charge in [-0.3, -0.25) is 14.5 Å². The van der Waals surface area contributed by atoms with Crippen molar-refractivity contribution in [3.63, 3.8) is 0 Å². The molecule has 19 heavy (non-hydrogen) atoms. The number of benzene rings is 1. The summed E-state index contributed by atoms with van der Waals surface area (Å²) >= 11 is 0. The molecule has 6 heteroatoms. The molecular formula is C13H15N5O. The molecule has 0 radical (unpaired) electrons. The third kappa shape index (κ3) is 2.98. The van der Waals surface area contributed by atoms with Crippen molar-refractivity contribution in [1.29, 1.82) is 0 Å². The van der Waals surface area contributed by atoms with Crippen molar-refractivity contribution in [3.8, 4) is 0 Å². The molecule has 1 aromatic heterocycles. The van der Waals surface area contributed by atoms with Crippen molar-refractivity contribution in [2.24, 2.45) is 17.8 Å². The van der Waals surface area contributed by atoms with Crippen LogP contribution in [0.5, 0.6) is 0 Å². The highest BCUT2D eigenvalue weighted by Crippen LogP contribution is 2.15. The van der Waals surface area contributed by atoms with Crippen LogP contribution in [0.2, 0.25) is 0 Å². The number of hydrogen-bond donors (Lipinski definition) is 2. The fraction of sp³-hybridized carbons (Fsp3) is 0.154. The Labute approximate surface area is 110 Å². The monoisotopic (exact) mass is 257 g/mol. The SMILES string of the molecule is CN=C(N)N/C(C=O)=C\c1ccc2cn(C)nc2c1. The summed E-state index contributed by atoms with van der Waals surface area (Å²) in [5, 5.41) is 8.08. The zero-order valence-electron chi connectivity index (χ0n) is 10.8. The lowest BCUT2D eigenvalue weighted by Crippen LogP contribution is -2.31. The summed E-state index contributed by atoms with van der Waals surface area (Å²) in [4.78, 5) is 14.7. The molecule has 0 aliphatic heterocycles. The van der Waals surface area contributed by atoms with Gasteiger partial charge in [0, 0.05) is 25.7 Å². The van der Waals surface area contributed by atoms with Crippen LogP contribution in [-0.4, -0.2) is 29.1 Å². The maximum absolute atomic E-state index is 11.0. The van der Waals surface area contributed by atoms with Crippen molar-refractivity contribution >= 4 is 29.2 Å². The average Bonchev–Trinajstić information content (AvgIpc) is 2.77. The van der Waals surface area contributed by atoms with Crippen LogP contribution in [-0.2, 0) is 11.8 Å². The summed E-state index contributed by atoms with van der Waals surface area (Å²) in [6, 6.07) is 5.77. The number of aliphatic imine (C=N–C) groups is 1. The van der Waals surface area contributed by atoms with E-state index < -0.39 is 0 Å². The van der Waals surface area contributed by atoms with Gasteiger partial charge in [-0.2, -0.15) is 5.10 Å². The van der Waals surface area contributed by atoms with Crippen LogP contribution >= 0.6 is 0 Å². The molecule has 6 nitrogen and oxygen atoms in total. The van der Waals surface area contributed by atoms with Crippen LogP contribution in [0, 0.1) is 0 Å². The third-order valence-corrected chi connectivity index (χ3v) is 2.61. The van der Waals surface area contributed by atoms with Gasteiger partial charge in [-0.05, 0) is 17.7 Å². The van der Waals surface area contributed by atoms with Crippen molar-refractivity contribution in [2.75, 3.05) is 7.05 Å². The zero-order chi connectivity index (χ0) is 13.8. The molecule has 0 spiro atoms. The van der Waals surface area contributed by atoms with E-state index in [9.17, 15) is 4.79 Å². The lowest BCUT2D eigenvalue weighted by molar-refractivity contribution is -0.105. The van der Waals surface area contributed by atoms with Gasteiger partial charge in [-0.25, -0.2) is 0 Å². The van der Waals surface area contributed by atoms with E-state index in [1.807, 2.05) is 31.4 Å². The van der Waals surface area contributed by atoms with Gasteiger partial charge in [0.05, 0.1) is 11.2 Å². The second-order valence-corrected chi connectivity index (χ2v) is 4.07. The van der Waals surface area contributed by atoms with Gasteiger partial charge in [0.2, 0.25) is 0 Å². The first-order valence-corrected chi connectivity index (χ1v) is 5.72. The summed E-state index contributed by atoms with van der Waals surface area (Å²) < 4.78 is 1.75. The highest BCUT2D eigenvalue weighted by Gasteiger charge is 2.01. The van der Waals surface area contributed by atoms with E-state index in [-0.39, 0.29) is 5.96 Å². The minimum Gasteiger partial charge on any atom is -0.370 e. The largest absolute Gasteiger partial charge is 0.370 e. The molecule has 0 bridgehead atoms. The Morgan fingerprint density at radius 2 is 2.32 bits per heavy atom. The average molecular weight is 257 g/mol. The summed E-state index contributed by atoms with van der Waals surface area (Å²) in [7, 11) is 3.41. The molecule has 3 N–H and O–H groups in total. The molecule has 2 aromatic rings. The van der Waals surface area contributed by atoms with E-state index in [1.54, 1.807) is 17.8 Å². The molecule has 0 saturated carbocycles. The first kappa shape index (κ1) is 12.8. The van der Waals surface area contributed by atoms with Gasteiger partial charge in [-0.1, -0.05) is 12.1 Å². The molecule has 98 valence electrons. The Bertz CT molecular complexity index is 669. The maximum atomic E-state index is 11.0. The minimum absolute atomic E-state index is 0.192. The van der Waals surface area contributed by atoms with Crippen LogP contribution in [0.3, 0.4) is 0 Å². The topological polar surface area (TPSA) is 85.3 Å². The van der Waals surface area contributed by atoms with Gasteiger partial charge in [0.15, 0.2) is 12.2 Å². The standard InChI is InChI=1S/C13H15N5O/c1-15-13(14)16-11(8-19)5-9-3-4-10-7-18(2)17-12(10)6-9/h3-8H,1-2H3,(H3,14,15,16)/b11-5-. The number of carbonyl (C=O) groups excluding carboxylic acids is 1. The first-order chi connectivity index (χ1) is 9.12. The van der Waals surface area contributed by atoms with E-state index in [1.165, 1.54) is 0 Å². The predicted octanol–water partition coefficient (Wildman–Crippen LogP) is 0.647. The van der Waals surface area contributed by atoms with E-state index in [4.69, 9.17) is 5.73 Å². The van der Waals surface area contributed by atoms with Crippen LogP contribution < -0.4 is 11.1 Å². The quantitative estimate of drug-likeness (QED) is 0.366. The lowest BCUT2D eigenvalue weighted by atomic mass is 10.1. The normalized spacial score (nSPS) is 12.7. The number of carbonyl (C=O) groups is 1. The van der Waals surface area contributed by atoms with Crippen LogP contribution in [0.15, 0.2) is 35.1 Å². The lowest BCUT2D eigenvalue weighted by Gasteiger charge is -2.03. The Hall–Kier alpha value is -2.63. The molecular weight excluding hydrogens is 242 g/mol. The fourth-order valence-corrected chi connectivity index (χ4v) is 1.73. The molecule has 2 rings (SSSR count). The van der Waals surface area contributed by atoms with Crippen molar-refractivity contribution in [3.05, 3.63) is 35.7 Å². The van der Waals surface area contributed by atoms with Gasteiger partial charge < -0.3 is 11.1 Å². The highest BCUT2D eigenvalue weighted by molar-refractivity contribution is 5.91. The van der Waals surface area contributed by atoms with Crippen molar-refractivity contribution in [2.45, 2.75) is 0 Å². The molecule has 0 fully saturated rings. The maximum Gasteiger partial charge on any atom is 0.192 e. The van der Waals surface area contributed by atoms with Crippen LogP contribution in [0.4, 0.5) is 0 Å². The smallest absolute Gasteiger partial charge is 0.192 e. The Balaban J connectivity index is 2.34. The fourth-order valence-electron chi connectivity index (χ4n) is 1.73. The molecule has 0 saturated heterocycles. The number of nitrogens with zero attached hydrogens (tertiary/aromatic N) is 3. The number of allylic oxidation sites excluding steroid dienone is 1. The molecule has 1 heterocycles. The number of aromatic nitrogens is 2. The van der Waals surface area contributed by atoms with Crippen LogP contribution in [0.25, 0.3) is 17.0 Å². The van der Waals surface area contributed by atoms with Crippen LogP contribution in [0.1, 0.15) is 5.56 Å². The number of aryl methyl sites for hydroxylation is 1. The molecule has 0 amide bonds. The summed E-state index contributed by atoms with van der Waals surface area (Å²) in [6.45, 7) is 0. The van der Waals surface area contributed by atoms with E-state index in [2.05, 4.69) is 15.4 Å². The first-order valence-electron chi connectivity index (χ1n) is 5.72. The van der Waals surface area contributed by atoms with E-state index in [0.29, 0.717) is 12.0 Å². The molecule has 1 aromatic carbocycles. The van der Waals surface area contributed by atoms with Crippen molar-refractivity contribution in [1.82, 2.24) is 15.1 Å². The molecule has 0 aliphatic carbocycles. The summed E-state index contributed by atoms with van der Waals surface area (Å²) in [5.41, 5.74) is 7.61. The second-order valence-electron chi connectivity index (χ2n) is 4.07. The van der Waals surface area contributed by atoms with Gasteiger partial charge in [-0.15, -0.1) is 0 Å². The number of rotatable bonds is 3. The number of fused-ring (bicyclic) bond motifs is 1. The number of aldehydes is 1. The number of guanidine groups is 1. The zero-order valence-corrected chi connectivity index (χ0v) is 10.8. The minimum atomic E-state index is 0.192. The van der Waals surface area contributed by atoms with E-state index >= 15 is 0 Å². The molecule has 0 unspecified atom stereocenters. The van der Waals surface area contributed by atoms with Gasteiger partial charge in [0.25, 0.3) is 0 Å². The highest BCUT2D eigenvalue weighted by atomic mass is 16.1. The van der Waals surface area contributed by atoms with Crippen molar-refractivity contribution < 1.29 is 4.79 Å². The van der Waals surface area contributed by atoms with Gasteiger partial charge >= 0.3 is 0 Å². The van der Waals surface area contributed by atoms with Gasteiger partial charge in [0.1, 0.15) is 0 Å². The Kier molecular flexibility index (Phi) is 3.61. The molecule has 0 aliphatic rings. The second kappa shape index (κ2) is 5.34. The number of nitrogens with one attached hydrogen (secondary N) is 1. The number of hydrogen-bond acceptors (Lipinski definition) is 3. The Morgan fingerprint density at radius 1 is 1.53 bits per heavy atom. The summed E-state index contributed by atoms with van der Waals surface area (Å²) in [5.74, 6) is 0.192. The summed E-state index contributed by atoms with van der Waals surface area (Å²) in [6.07, 6.45) is 4.32. The third-order valence-electron chi connectivity index (χ3n) is 2.61.